The van der Waals surface area contributed by atoms with Crippen molar-refractivity contribution in [3.63, 3.8) is 0 Å². The summed E-state index contributed by atoms with van der Waals surface area (Å²) in [5.41, 5.74) is 1.66. The Labute approximate surface area is 89.7 Å². The van der Waals surface area contributed by atoms with Gasteiger partial charge in [0.05, 0.1) is 12.5 Å². The molecule has 0 unspecified atom stereocenters. The summed E-state index contributed by atoms with van der Waals surface area (Å²) in [7, 11) is 0. The molecule has 0 aliphatic carbocycles. The van der Waals surface area contributed by atoms with Crippen molar-refractivity contribution in [1.29, 1.82) is 0 Å². The van der Waals surface area contributed by atoms with E-state index >= 15 is 0 Å². The highest BCUT2D eigenvalue weighted by molar-refractivity contribution is 5.71. The first-order chi connectivity index (χ1) is 7.15. The van der Waals surface area contributed by atoms with Gasteiger partial charge in [-0.25, -0.2) is 0 Å². The predicted molar refractivity (Wildman–Crippen MR) is 57.0 cm³/mol. The Kier molecular flexibility index (Phi) is 4.31. The van der Waals surface area contributed by atoms with Crippen LogP contribution in [0.1, 0.15) is 25.0 Å². The monoisotopic (exact) mass is 208 g/mol. The summed E-state index contributed by atoms with van der Waals surface area (Å²) >= 11 is 0. The van der Waals surface area contributed by atoms with Crippen LogP contribution in [-0.2, 0) is 22.7 Å². The molecular formula is C12H16O3. The van der Waals surface area contributed by atoms with Gasteiger partial charge in [0.1, 0.15) is 6.61 Å². The quantitative estimate of drug-likeness (QED) is 0.768. The van der Waals surface area contributed by atoms with E-state index < -0.39 is 0 Å². The first-order valence-electron chi connectivity index (χ1n) is 4.99. The summed E-state index contributed by atoms with van der Waals surface area (Å²) in [4.78, 5) is 11.2. The lowest BCUT2D eigenvalue weighted by atomic mass is 10.1. The molecule has 0 spiro atoms. The largest absolute Gasteiger partial charge is 0.461 e. The molecule has 1 aromatic carbocycles. The fourth-order valence-corrected chi connectivity index (χ4v) is 1.17. The van der Waals surface area contributed by atoms with E-state index in [4.69, 9.17) is 9.84 Å². The molecule has 0 atom stereocenters. The minimum absolute atomic E-state index is 0.0323. The molecule has 0 radical (unpaired) electrons. The highest BCUT2D eigenvalue weighted by Crippen LogP contribution is 2.11. The normalized spacial score (nSPS) is 10.4. The average Bonchev–Trinajstić information content (AvgIpc) is 2.26. The SMILES string of the molecule is CC(C)C(=O)OCc1ccccc1CO. The van der Waals surface area contributed by atoms with Crippen LogP contribution < -0.4 is 0 Å². The van der Waals surface area contributed by atoms with Crippen molar-refractivity contribution in [3.05, 3.63) is 35.4 Å². The van der Waals surface area contributed by atoms with Crippen LogP contribution in [-0.4, -0.2) is 11.1 Å². The molecule has 0 fully saturated rings. The Balaban J connectivity index is 2.61. The average molecular weight is 208 g/mol. The molecule has 0 aliphatic rings. The second kappa shape index (κ2) is 5.51. The number of rotatable bonds is 4. The lowest BCUT2D eigenvalue weighted by molar-refractivity contribution is -0.148. The van der Waals surface area contributed by atoms with Crippen molar-refractivity contribution in [2.45, 2.75) is 27.1 Å². The third-order valence-corrected chi connectivity index (χ3v) is 2.13. The van der Waals surface area contributed by atoms with E-state index in [1.165, 1.54) is 0 Å². The topological polar surface area (TPSA) is 46.5 Å². The van der Waals surface area contributed by atoms with Crippen LogP contribution >= 0.6 is 0 Å². The molecule has 0 saturated carbocycles. The second-order valence-corrected chi connectivity index (χ2v) is 3.69. The molecule has 1 aromatic rings. The molecule has 1 N–H and O–H groups in total. The molecule has 0 aliphatic heterocycles. The third kappa shape index (κ3) is 3.36. The fraction of sp³-hybridized carbons (Fsp3) is 0.417. The van der Waals surface area contributed by atoms with Crippen molar-refractivity contribution >= 4 is 5.97 Å². The molecule has 3 heteroatoms. The van der Waals surface area contributed by atoms with Gasteiger partial charge in [-0.05, 0) is 11.1 Å². The Morgan fingerprint density at radius 3 is 2.47 bits per heavy atom. The van der Waals surface area contributed by atoms with E-state index in [1.807, 2.05) is 24.3 Å². The third-order valence-electron chi connectivity index (χ3n) is 2.13. The van der Waals surface area contributed by atoms with Crippen molar-refractivity contribution in [2.75, 3.05) is 0 Å². The summed E-state index contributed by atoms with van der Waals surface area (Å²) in [6.45, 7) is 3.78. The van der Waals surface area contributed by atoms with Gasteiger partial charge in [0.25, 0.3) is 0 Å². The van der Waals surface area contributed by atoms with Gasteiger partial charge in [-0.2, -0.15) is 0 Å². The number of aliphatic hydroxyl groups excluding tert-OH is 1. The Morgan fingerprint density at radius 2 is 1.93 bits per heavy atom. The standard InChI is InChI=1S/C12H16O3/c1-9(2)12(14)15-8-11-6-4-3-5-10(11)7-13/h3-6,9,13H,7-8H2,1-2H3. The van der Waals surface area contributed by atoms with Crippen LogP contribution in [0.5, 0.6) is 0 Å². The molecule has 0 bridgehead atoms. The smallest absolute Gasteiger partial charge is 0.308 e. The van der Waals surface area contributed by atoms with Gasteiger partial charge in [0, 0.05) is 0 Å². The Bertz CT molecular complexity index is 331. The molecule has 1 rings (SSSR count). The van der Waals surface area contributed by atoms with E-state index in [-0.39, 0.29) is 25.1 Å². The molecule has 82 valence electrons. The van der Waals surface area contributed by atoms with Crippen LogP contribution in [0.25, 0.3) is 0 Å². The zero-order valence-electron chi connectivity index (χ0n) is 9.06. The van der Waals surface area contributed by atoms with Crippen molar-refractivity contribution in [2.24, 2.45) is 5.92 Å². The minimum Gasteiger partial charge on any atom is -0.461 e. The second-order valence-electron chi connectivity index (χ2n) is 3.69. The number of benzene rings is 1. The van der Waals surface area contributed by atoms with E-state index in [2.05, 4.69) is 0 Å². The van der Waals surface area contributed by atoms with E-state index in [0.717, 1.165) is 11.1 Å². The van der Waals surface area contributed by atoms with Crippen LogP contribution in [0.15, 0.2) is 24.3 Å². The fourth-order valence-electron chi connectivity index (χ4n) is 1.17. The van der Waals surface area contributed by atoms with Gasteiger partial charge >= 0.3 is 5.97 Å². The number of esters is 1. The molecule has 0 aromatic heterocycles. The molecule has 3 nitrogen and oxygen atoms in total. The van der Waals surface area contributed by atoms with Gasteiger partial charge in [-0.3, -0.25) is 4.79 Å². The molecule has 15 heavy (non-hydrogen) atoms. The number of aliphatic hydroxyl groups is 1. The lowest BCUT2D eigenvalue weighted by Crippen LogP contribution is -2.12. The number of carbonyl (C=O) groups is 1. The highest BCUT2D eigenvalue weighted by atomic mass is 16.5. The van der Waals surface area contributed by atoms with Crippen LogP contribution in [0.4, 0.5) is 0 Å². The van der Waals surface area contributed by atoms with Gasteiger partial charge in [-0.1, -0.05) is 38.1 Å². The first kappa shape index (κ1) is 11.7. The van der Waals surface area contributed by atoms with Gasteiger partial charge < -0.3 is 9.84 Å². The van der Waals surface area contributed by atoms with E-state index in [9.17, 15) is 4.79 Å². The molecule has 0 amide bonds. The number of hydrogen-bond donors (Lipinski definition) is 1. The molecule has 0 saturated heterocycles. The van der Waals surface area contributed by atoms with Crippen molar-refractivity contribution in [1.82, 2.24) is 0 Å². The summed E-state index contributed by atoms with van der Waals surface area (Å²) in [5.74, 6) is -0.339. The summed E-state index contributed by atoms with van der Waals surface area (Å²) in [5, 5.41) is 9.05. The summed E-state index contributed by atoms with van der Waals surface area (Å²) in [6, 6.07) is 7.37. The minimum atomic E-state index is -0.220. The maximum atomic E-state index is 11.2. The Morgan fingerprint density at radius 1 is 1.33 bits per heavy atom. The van der Waals surface area contributed by atoms with E-state index in [1.54, 1.807) is 13.8 Å². The lowest BCUT2D eigenvalue weighted by Gasteiger charge is -2.09. The molecule has 0 heterocycles. The number of carbonyl (C=O) groups excluding carboxylic acids is 1. The maximum Gasteiger partial charge on any atom is 0.308 e. The van der Waals surface area contributed by atoms with Gasteiger partial charge in [0.15, 0.2) is 0 Å². The van der Waals surface area contributed by atoms with Crippen LogP contribution in [0, 0.1) is 5.92 Å². The van der Waals surface area contributed by atoms with Crippen LogP contribution in [0.2, 0.25) is 0 Å². The molecular weight excluding hydrogens is 192 g/mol. The van der Waals surface area contributed by atoms with Crippen molar-refractivity contribution < 1.29 is 14.6 Å². The van der Waals surface area contributed by atoms with Crippen LogP contribution in [0.3, 0.4) is 0 Å². The van der Waals surface area contributed by atoms with Gasteiger partial charge in [-0.15, -0.1) is 0 Å². The maximum absolute atomic E-state index is 11.2. The number of ether oxygens (including phenoxy) is 1. The Hall–Kier alpha value is -1.35. The summed E-state index contributed by atoms with van der Waals surface area (Å²) < 4.78 is 5.08. The summed E-state index contributed by atoms with van der Waals surface area (Å²) in [6.07, 6.45) is 0. The van der Waals surface area contributed by atoms with Gasteiger partial charge in [0.2, 0.25) is 0 Å². The van der Waals surface area contributed by atoms with E-state index in [0.29, 0.717) is 0 Å². The zero-order chi connectivity index (χ0) is 11.3. The number of hydrogen-bond acceptors (Lipinski definition) is 3. The first-order valence-corrected chi connectivity index (χ1v) is 4.99. The zero-order valence-corrected chi connectivity index (χ0v) is 9.06. The highest BCUT2D eigenvalue weighted by Gasteiger charge is 2.09. The van der Waals surface area contributed by atoms with Crippen molar-refractivity contribution in [3.8, 4) is 0 Å². The predicted octanol–water partition coefficient (Wildman–Crippen LogP) is 1.88.